The molecule has 0 spiro atoms. The van der Waals surface area contributed by atoms with Crippen LogP contribution < -0.4 is 5.73 Å². The van der Waals surface area contributed by atoms with Gasteiger partial charge in [0.1, 0.15) is 0 Å². The lowest BCUT2D eigenvalue weighted by Crippen LogP contribution is -2.08. The first-order chi connectivity index (χ1) is 5.75. The van der Waals surface area contributed by atoms with E-state index in [4.69, 9.17) is 5.73 Å². The molecule has 1 aliphatic rings. The van der Waals surface area contributed by atoms with Gasteiger partial charge in [-0.1, -0.05) is 12.8 Å². The highest BCUT2D eigenvalue weighted by Gasteiger charge is 2.24. The van der Waals surface area contributed by atoms with E-state index in [0.717, 1.165) is 10.4 Å². The van der Waals surface area contributed by atoms with Gasteiger partial charge in [-0.05, 0) is 34.3 Å². The second-order valence-corrected chi connectivity index (χ2v) is 5.31. The van der Waals surface area contributed by atoms with Gasteiger partial charge in [-0.25, -0.2) is 0 Å². The van der Waals surface area contributed by atoms with Crippen molar-refractivity contribution in [3.05, 3.63) is 20.8 Å². The number of hydrogen-bond donors (Lipinski definition) is 1. The minimum atomic E-state index is 0.272. The van der Waals surface area contributed by atoms with Crippen LogP contribution in [0.15, 0.2) is 15.9 Å². The third-order valence-electron chi connectivity index (χ3n) is 2.24. The molecule has 0 aromatic carbocycles. The number of thiophene rings is 1. The first kappa shape index (κ1) is 8.73. The zero-order valence-electron chi connectivity index (χ0n) is 6.79. The molecule has 2 rings (SSSR count). The van der Waals surface area contributed by atoms with Crippen LogP contribution in [0.25, 0.3) is 0 Å². The van der Waals surface area contributed by atoms with Crippen LogP contribution in [0.5, 0.6) is 0 Å². The molecule has 0 amide bonds. The minimum Gasteiger partial charge on any atom is -0.323 e. The number of nitrogens with two attached hydrogens (primary N) is 1. The van der Waals surface area contributed by atoms with E-state index in [2.05, 4.69) is 27.4 Å². The Labute approximate surface area is 85.1 Å². The molecule has 1 heterocycles. The molecule has 66 valence electrons. The fourth-order valence-electron chi connectivity index (χ4n) is 1.35. The largest absolute Gasteiger partial charge is 0.323 e. The standard InChI is InChI=1S/C9H12BrNS/c10-7-4-9(12-5-7)8(11)3-6-1-2-6/h4-6,8H,1-3,11H2. The van der Waals surface area contributed by atoms with E-state index in [1.807, 2.05) is 0 Å². The van der Waals surface area contributed by atoms with Gasteiger partial charge in [-0.2, -0.15) is 0 Å². The van der Waals surface area contributed by atoms with Crippen LogP contribution in [0.2, 0.25) is 0 Å². The molecule has 1 aromatic rings. The lowest BCUT2D eigenvalue weighted by Gasteiger charge is -2.06. The smallest absolute Gasteiger partial charge is 0.0392 e. The van der Waals surface area contributed by atoms with Crippen LogP contribution in [0, 0.1) is 5.92 Å². The van der Waals surface area contributed by atoms with E-state index in [0.29, 0.717) is 0 Å². The fourth-order valence-corrected chi connectivity index (χ4v) is 2.81. The maximum atomic E-state index is 6.04. The van der Waals surface area contributed by atoms with Gasteiger partial charge in [0, 0.05) is 20.8 Å². The van der Waals surface area contributed by atoms with E-state index in [1.165, 1.54) is 24.1 Å². The van der Waals surface area contributed by atoms with Crippen molar-refractivity contribution >= 4 is 27.3 Å². The van der Waals surface area contributed by atoms with Gasteiger partial charge >= 0.3 is 0 Å². The molecular formula is C9H12BrNS. The average molecular weight is 246 g/mol. The monoisotopic (exact) mass is 245 g/mol. The summed E-state index contributed by atoms with van der Waals surface area (Å²) in [6, 6.07) is 2.41. The Morgan fingerprint density at radius 1 is 1.67 bits per heavy atom. The van der Waals surface area contributed by atoms with Gasteiger partial charge in [0.15, 0.2) is 0 Å². The molecule has 1 aliphatic carbocycles. The zero-order chi connectivity index (χ0) is 8.55. The third kappa shape index (κ3) is 2.09. The van der Waals surface area contributed by atoms with E-state index in [9.17, 15) is 0 Å². The van der Waals surface area contributed by atoms with E-state index in [1.54, 1.807) is 11.3 Å². The fraction of sp³-hybridized carbons (Fsp3) is 0.556. The molecule has 0 radical (unpaired) electrons. The first-order valence-electron chi connectivity index (χ1n) is 4.25. The van der Waals surface area contributed by atoms with Gasteiger partial charge in [0.05, 0.1) is 0 Å². The predicted octanol–water partition coefficient (Wildman–Crippen LogP) is 3.31. The van der Waals surface area contributed by atoms with Gasteiger partial charge in [-0.3, -0.25) is 0 Å². The number of rotatable bonds is 3. The minimum absolute atomic E-state index is 0.272. The highest BCUT2D eigenvalue weighted by molar-refractivity contribution is 9.10. The van der Waals surface area contributed by atoms with Gasteiger partial charge in [-0.15, -0.1) is 11.3 Å². The van der Waals surface area contributed by atoms with Crippen molar-refractivity contribution in [2.75, 3.05) is 0 Å². The molecule has 1 atom stereocenters. The van der Waals surface area contributed by atoms with E-state index < -0.39 is 0 Å². The second-order valence-electron chi connectivity index (χ2n) is 3.45. The molecule has 2 N–H and O–H groups in total. The molecule has 0 saturated heterocycles. The number of halogens is 1. The molecule has 1 fully saturated rings. The first-order valence-corrected chi connectivity index (χ1v) is 5.92. The topological polar surface area (TPSA) is 26.0 Å². The summed E-state index contributed by atoms with van der Waals surface area (Å²) < 4.78 is 1.16. The lowest BCUT2D eigenvalue weighted by atomic mass is 10.1. The van der Waals surface area contributed by atoms with Crippen molar-refractivity contribution in [2.24, 2.45) is 11.7 Å². The summed E-state index contributed by atoms with van der Waals surface area (Å²) >= 11 is 5.19. The Hall–Kier alpha value is 0.140. The molecular weight excluding hydrogens is 234 g/mol. The van der Waals surface area contributed by atoms with Crippen LogP contribution in [-0.2, 0) is 0 Å². The SMILES string of the molecule is NC(CC1CC1)c1cc(Br)cs1. The zero-order valence-corrected chi connectivity index (χ0v) is 9.20. The summed E-state index contributed by atoms with van der Waals surface area (Å²) in [5, 5.41) is 2.10. The lowest BCUT2D eigenvalue weighted by molar-refractivity contribution is 0.605. The average Bonchev–Trinajstić information content (AvgIpc) is 2.72. The van der Waals surface area contributed by atoms with Gasteiger partial charge < -0.3 is 5.73 Å². The van der Waals surface area contributed by atoms with Crippen LogP contribution in [0.3, 0.4) is 0 Å². The Balaban J connectivity index is 1.97. The van der Waals surface area contributed by atoms with Crippen LogP contribution in [-0.4, -0.2) is 0 Å². The van der Waals surface area contributed by atoms with Crippen molar-refractivity contribution in [3.8, 4) is 0 Å². The maximum Gasteiger partial charge on any atom is 0.0392 e. The summed E-state index contributed by atoms with van der Waals surface area (Å²) in [6.07, 6.45) is 3.95. The Kier molecular flexibility index (Phi) is 2.53. The Bertz CT molecular complexity index is 267. The maximum absolute atomic E-state index is 6.04. The van der Waals surface area contributed by atoms with E-state index >= 15 is 0 Å². The molecule has 1 unspecified atom stereocenters. The third-order valence-corrected chi connectivity index (χ3v) is 4.06. The van der Waals surface area contributed by atoms with Crippen molar-refractivity contribution < 1.29 is 0 Å². The summed E-state index contributed by atoms with van der Waals surface area (Å²) in [5.41, 5.74) is 6.04. The molecule has 0 aliphatic heterocycles. The van der Waals surface area contributed by atoms with Gasteiger partial charge in [0.2, 0.25) is 0 Å². The summed E-state index contributed by atoms with van der Waals surface area (Å²) in [4.78, 5) is 1.31. The highest BCUT2D eigenvalue weighted by Crippen LogP contribution is 2.38. The summed E-state index contributed by atoms with van der Waals surface area (Å²) in [7, 11) is 0. The molecule has 3 heteroatoms. The van der Waals surface area contributed by atoms with Crippen molar-refractivity contribution in [1.82, 2.24) is 0 Å². The molecule has 12 heavy (non-hydrogen) atoms. The Morgan fingerprint density at radius 3 is 2.92 bits per heavy atom. The predicted molar refractivity (Wildman–Crippen MR) is 56.3 cm³/mol. The number of hydrogen-bond acceptors (Lipinski definition) is 2. The van der Waals surface area contributed by atoms with E-state index in [-0.39, 0.29) is 6.04 Å². The molecule has 1 aromatic heterocycles. The second kappa shape index (κ2) is 3.48. The summed E-state index contributed by atoms with van der Waals surface area (Å²) in [6.45, 7) is 0. The van der Waals surface area contributed by atoms with Crippen molar-refractivity contribution in [3.63, 3.8) is 0 Å². The van der Waals surface area contributed by atoms with Crippen LogP contribution in [0.4, 0.5) is 0 Å². The van der Waals surface area contributed by atoms with Gasteiger partial charge in [0.25, 0.3) is 0 Å². The summed E-state index contributed by atoms with van der Waals surface area (Å²) in [5.74, 6) is 0.917. The van der Waals surface area contributed by atoms with Crippen LogP contribution >= 0.6 is 27.3 Å². The van der Waals surface area contributed by atoms with Crippen molar-refractivity contribution in [1.29, 1.82) is 0 Å². The van der Waals surface area contributed by atoms with Crippen molar-refractivity contribution in [2.45, 2.75) is 25.3 Å². The molecule has 1 nitrogen and oxygen atoms in total. The normalized spacial score (nSPS) is 19.5. The molecule has 0 bridgehead atoms. The van der Waals surface area contributed by atoms with Crippen LogP contribution in [0.1, 0.15) is 30.2 Å². The Morgan fingerprint density at radius 2 is 2.42 bits per heavy atom. The quantitative estimate of drug-likeness (QED) is 0.869. The highest BCUT2D eigenvalue weighted by atomic mass is 79.9. The molecule has 1 saturated carbocycles.